The number of ether oxygens (including phenoxy) is 1. The zero-order chi connectivity index (χ0) is 13.5. The summed E-state index contributed by atoms with van der Waals surface area (Å²) in [5.74, 6) is 0.693. The Labute approximate surface area is 109 Å². The Morgan fingerprint density at radius 1 is 1.50 bits per heavy atom. The predicted molar refractivity (Wildman–Crippen MR) is 73.8 cm³/mol. The number of carbonyl (C=O) groups is 1. The summed E-state index contributed by atoms with van der Waals surface area (Å²) in [6, 6.07) is 5.59. The second kappa shape index (κ2) is 7.01. The summed E-state index contributed by atoms with van der Waals surface area (Å²) in [5, 5.41) is 2.90. The van der Waals surface area contributed by atoms with Crippen molar-refractivity contribution in [2.24, 2.45) is 11.7 Å². The molecule has 0 bridgehead atoms. The minimum absolute atomic E-state index is 0.0103. The largest absolute Gasteiger partial charge is 0.496 e. The van der Waals surface area contributed by atoms with Gasteiger partial charge in [0.15, 0.2) is 0 Å². The number of aryl methyl sites for hydroxylation is 1. The molecule has 0 saturated carbocycles. The van der Waals surface area contributed by atoms with Gasteiger partial charge in [-0.3, -0.25) is 4.79 Å². The molecule has 1 unspecified atom stereocenters. The Balaban J connectivity index is 2.72. The minimum atomic E-state index is -0.114. The van der Waals surface area contributed by atoms with E-state index in [9.17, 15) is 4.79 Å². The van der Waals surface area contributed by atoms with Crippen molar-refractivity contribution in [2.45, 2.75) is 26.7 Å². The number of rotatable bonds is 6. The van der Waals surface area contributed by atoms with E-state index < -0.39 is 0 Å². The highest BCUT2D eigenvalue weighted by atomic mass is 16.5. The maximum atomic E-state index is 12.0. The number of carbonyl (C=O) groups excluding carboxylic acids is 1. The molecule has 0 aliphatic rings. The van der Waals surface area contributed by atoms with Gasteiger partial charge in [-0.1, -0.05) is 13.3 Å². The van der Waals surface area contributed by atoms with E-state index >= 15 is 0 Å². The fraction of sp³-hybridized carbons (Fsp3) is 0.500. The second-order valence-corrected chi connectivity index (χ2v) is 4.39. The van der Waals surface area contributed by atoms with Crippen molar-refractivity contribution in [3.63, 3.8) is 0 Å². The van der Waals surface area contributed by atoms with Crippen molar-refractivity contribution in [3.05, 3.63) is 23.8 Å². The standard InChI is InChI=1S/C14H22N2O2/c1-4-5-11(9-15)14(17)16-12-6-7-13(18-3)10(2)8-12/h6-8,11H,4-5,9,15H2,1-3H3,(H,16,17). The normalized spacial score (nSPS) is 12.0. The molecule has 1 amide bonds. The molecular formula is C14H22N2O2. The lowest BCUT2D eigenvalue weighted by Gasteiger charge is -2.14. The van der Waals surface area contributed by atoms with Gasteiger partial charge in [0.05, 0.1) is 13.0 Å². The molecule has 1 aromatic rings. The number of methoxy groups -OCH3 is 1. The van der Waals surface area contributed by atoms with E-state index in [0.717, 1.165) is 29.8 Å². The van der Waals surface area contributed by atoms with Gasteiger partial charge >= 0.3 is 0 Å². The number of benzene rings is 1. The number of hydrogen-bond acceptors (Lipinski definition) is 3. The summed E-state index contributed by atoms with van der Waals surface area (Å²) >= 11 is 0. The van der Waals surface area contributed by atoms with Gasteiger partial charge in [-0.15, -0.1) is 0 Å². The molecule has 0 radical (unpaired) electrons. The Morgan fingerprint density at radius 2 is 2.22 bits per heavy atom. The summed E-state index contributed by atoms with van der Waals surface area (Å²) in [5.41, 5.74) is 7.39. The van der Waals surface area contributed by atoms with Gasteiger partial charge in [0.1, 0.15) is 5.75 Å². The predicted octanol–water partition coefficient (Wildman–Crippen LogP) is 2.32. The number of nitrogens with one attached hydrogen (secondary N) is 1. The maximum Gasteiger partial charge on any atom is 0.228 e. The van der Waals surface area contributed by atoms with Crippen molar-refractivity contribution < 1.29 is 9.53 Å². The van der Waals surface area contributed by atoms with Crippen molar-refractivity contribution >= 4 is 11.6 Å². The van der Waals surface area contributed by atoms with Crippen LogP contribution in [-0.4, -0.2) is 19.6 Å². The van der Waals surface area contributed by atoms with Crippen LogP contribution in [0.15, 0.2) is 18.2 Å². The molecule has 1 aromatic carbocycles. The molecule has 1 rings (SSSR count). The van der Waals surface area contributed by atoms with E-state index in [1.165, 1.54) is 0 Å². The molecule has 100 valence electrons. The molecule has 0 fully saturated rings. The molecule has 1 atom stereocenters. The van der Waals surface area contributed by atoms with Crippen LogP contribution in [0.5, 0.6) is 5.75 Å². The van der Waals surface area contributed by atoms with E-state index in [1.807, 2.05) is 32.0 Å². The van der Waals surface area contributed by atoms with E-state index in [-0.39, 0.29) is 11.8 Å². The topological polar surface area (TPSA) is 64.4 Å². The van der Waals surface area contributed by atoms with Crippen LogP contribution < -0.4 is 15.8 Å². The molecule has 4 nitrogen and oxygen atoms in total. The first-order valence-electron chi connectivity index (χ1n) is 6.28. The number of amides is 1. The molecule has 0 saturated heterocycles. The SMILES string of the molecule is CCCC(CN)C(=O)Nc1ccc(OC)c(C)c1. The van der Waals surface area contributed by atoms with Crippen LogP contribution in [0.25, 0.3) is 0 Å². The lowest BCUT2D eigenvalue weighted by molar-refractivity contribution is -0.119. The molecule has 0 aliphatic carbocycles. The molecule has 4 heteroatoms. The molecule has 0 spiro atoms. The smallest absolute Gasteiger partial charge is 0.228 e. The van der Waals surface area contributed by atoms with Crippen LogP contribution in [0.1, 0.15) is 25.3 Å². The lowest BCUT2D eigenvalue weighted by Crippen LogP contribution is -2.29. The molecular weight excluding hydrogens is 228 g/mol. The van der Waals surface area contributed by atoms with Gasteiger partial charge in [0.2, 0.25) is 5.91 Å². The molecule has 3 N–H and O–H groups in total. The van der Waals surface area contributed by atoms with E-state index in [0.29, 0.717) is 6.54 Å². The van der Waals surface area contributed by atoms with Crippen LogP contribution >= 0.6 is 0 Å². The summed E-state index contributed by atoms with van der Waals surface area (Å²) in [6.07, 6.45) is 1.77. The molecule has 0 aromatic heterocycles. The Morgan fingerprint density at radius 3 is 2.72 bits per heavy atom. The van der Waals surface area contributed by atoms with E-state index in [2.05, 4.69) is 5.32 Å². The van der Waals surface area contributed by atoms with Crippen molar-refractivity contribution in [3.8, 4) is 5.75 Å². The number of nitrogens with two attached hydrogens (primary N) is 1. The lowest BCUT2D eigenvalue weighted by atomic mass is 10.0. The van der Waals surface area contributed by atoms with Crippen LogP contribution in [0.3, 0.4) is 0 Å². The molecule has 18 heavy (non-hydrogen) atoms. The van der Waals surface area contributed by atoms with Crippen LogP contribution in [0.4, 0.5) is 5.69 Å². The van der Waals surface area contributed by atoms with Gasteiger partial charge in [0.25, 0.3) is 0 Å². The highest BCUT2D eigenvalue weighted by Crippen LogP contribution is 2.22. The van der Waals surface area contributed by atoms with Gasteiger partial charge < -0.3 is 15.8 Å². The van der Waals surface area contributed by atoms with Crippen molar-refractivity contribution in [1.82, 2.24) is 0 Å². The molecule has 0 aliphatic heterocycles. The fourth-order valence-corrected chi connectivity index (χ4v) is 1.90. The number of hydrogen-bond donors (Lipinski definition) is 2. The van der Waals surface area contributed by atoms with Gasteiger partial charge in [-0.2, -0.15) is 0 Å². The second-order valence-electron chi connectivity index (χ2n) is 4.39. The third-order valence-corrected chi connectivity index (χ3v) is 2.95. The van der Waals surface area contributed by atoms with Crippen molar-refractivity contribution in [2.75, 3.05) is 19.0 Å². The Kier molecular flexibility index (Phi) is 5.65. The minimum Gasteiger partial charge on any atom is -0.496 e. The zero-order valence-corrected chi connectivity index (χ0v) is 11.3. The zero-order valence-electron chi connectivity index (χ0n) is 11.3. The summed E-state index contributed by atoms with van der Waals surface area (Å²) in [7, 11) is 1.63. The van der Waals surface area contributed by atoms with E-state index in [1.54, 1.807) is 7.11 Å². The third-order valence-electron chi connectivity index (χ3n) is 2.95. The Bertz CT molecular complexity index is 405. The average Bonchev–Trinajstić information content (AvgIpc) is 2.36. The fourth-order valence-electron chi connectivity index (χ4n) is 1.90. The van der Waals surface area contributed by atoms with E-state index in [4.69, 9.17) is 10.5 Å². The van der Waals surface area contributed by atoms with Gasteiger partial charge in [0, 0.05) is 12.2 Å². The Hall–Kier alpha value is -1.55. The van der Waals surface area contributed by atoms with Gasteiger partial charge in [-0.05, 0) is 37.1 Å². The highest BCUT2D eigenvalue weighted by molar-refractivity contribution is 5.92. The van der Waals surface area contributed by atoms with Crippen molar-refractivity contribution in [1.29, 1.82) is 0 Å². The summed E-state index contributed by atoms with van der Waals surface area (Å²) < 4.78 is 5.18. The summed E-state index contributed by atoms with van der Waals surface area (Å²) in [4.78, 5) is 12.0. The highest BCUT2D eigenvalue weighted by Gasteiger charge is 2.15. The maximum absolute atomic E-state index is 12.0. The number of anilines is 1. The van der Waals surface area contributed by atoms with Gasteiger partial charge in [-0.25, -0.2) is 0 Å². The first-order valence-corrected chi connectivity index (χ1v) is 6.28. The summed E-state index contributed by atoms with van der Waals surface area (Å²) in [6.45, 7) is 4.38. The molecule has 0 heterocycles. The first-order chi connectivity index (χ1) is 8.62. The van der Waals surface area contributed by atoms with Crippen LogP contribution in [0.2, 0.25) is 0 Å². The average molecular weight is 250 g/mol. The third kappa shape index (κ3) is 3.74. The first kappa shape index (κ1) is 14.5. The monoisotopic (exact) mass is 250 g/mol. The van der Waals surface area contributed by atoms with Crippen LogP contribution in [-0.2, 0) is 4.79 Å². The quantitative estimate of drug-likeness (QED) is 0.814. The van der Waals surface area contributed by atoms with Crippen LogP contribution in [0, 0.1) is 12.8 Å².